The normalized spacial score (nSPS) is 11.8. The maximum Gasteiger partial charge on any atom is 0.326 e. The van der Waals surface area contributed by atoms with Gasteiger partial charge in [-0.05, 0) is 18.6 Å². The number of amides is 1. The lowest BCUT2D eigenvalue weighted by Gasteiger charge is -2.15. The van der Waals surface area contributed by atoms with Crippen LogP contribution in [0.3, 0.4) is 0 Å². The van der Waals surface area contributed by atoms with E-state index in [-0.39, 0.29) is 12.3 Å². The number of unbranched alkanes of at least 4 members (excludes halogenated alkanes) is 1. The van der Waals surface area contributed by atoms with E-state index in [0.717, 1.165) is 12.8 Å². The zero-order valence-electron chi connectivity index (χ0n) is 12.2. The Kier molecular flexibility index (Phi) is 7.02. The third kappa shape index (κ3) is 5.27. The minimum absolute atomic E-state index is 0.0151. The molecule has 21 heavy (non-hydrogen) atoms. The Morgan fingerprint density at radius 2 is 2.14 bits per heavy atom. The fourth-order valence-corrected chi connectivity index (χ4v) is 2.21. The average Bonchev–Trinajstić information content (AvgIpc) is 2.45. The van der Waals surface area contributed by atoms with Gasteiger partial charge in [0.05, 0.1) is 13.5 Å². The van der Waals surface area contributed by atoms with Gasteiger partial charge in [-0.1, -0.05) is 37.4 Å². The molecule has 0 aliphatic carbocycles. The molecule has 0 aliphatic heterocycles. The number of nitrogens with one attached hydrogen (secondary N) is 1. The summed E-state index contributed by atoms with van der Waals surface area (Å²) in [4.78, 5) is 23.1. The van der Waals surface area contributed by atoms with Crippen molar-refractivity contribution in [1.29, 1.82) is 0 Å². The number of aliphatic carboxylic acids is 1. The molecule has 0 saturated carbocycles. The van der Waals surface area contributed by atoms with Crippen LogP contribution in [0.4, 0.5) is 0 Å². The van der Waals surface area contributed by atoms with Crippen molar-refractivity contribution in [3.05, 3.63) is 28.8 Å². The molecule has 1 aromatic rings. The highest BCUT2D eigenvalue weighted by atomic mass is 35.5. The summed E-state index contributed by atoms with van der Waals surface area (Å²) >= 11 is 6.06. The molecule has 1 atom stereocenters. The summed E-state index contributed by atoms with van der Waals surface area (Å²) in [5.74, 6) is -0.897. The van der Waals surface area contributed by atoms with E-state index in [0.29, 0.717) is 22.8 Å². The summed E-state index contributed by atoms with van der Waals surface area (Å²) in [5, 5.41) is 12.1. The van der Waals surface area contributed by atoms with Crippen LogP contribution in [0.15, 0.2) is 18.2 Å². The molecule has 1 rings (SSSR count). The molecule has 5 nitrogen and oxygen atoms in total. The number of hydrogen-bond acceptors (Lipinski definition) is 3. The van der Waals surface area contributed by atoms with E-state index >= 15 is 0 Å². The van der Waals surface area contributed by atoms with Gasteiger partial charge in [-0.25, -0.2) is 4.79 Å². The van der Waals surface area contributed by atoms with Crippen molar-refractivity contribution in [2.75, 3.05) is 7.11 Å². The largest absolute Gasteiger partial charge is 0.496 e. The second kappa shape index (κ2) is 8.52. The predicted molar refractivity (Wildman–Crippen MR) is 80.8 cm³/mol. The number of rotatable bonds is 8. The van der Waals surface area contributed by atoms with Crippen LogP contribution in [0.2, 0.25) is 5.02 Å². The Morgan fingerprint density at radius 1 is 1.43 bits per heavy atom. The summed E-state index contributed by atoms with van der Waals surface area (Å²) in [6.45, 7) is 1.97. The van der Waals surface area contributed by atoms with Crippen LogP contribution in [-0.2, 0) is 16.0 Å². The second-order valence-corrected chi connectivity index (χ2v) is 5.11. The van der Waals surface area contributed by atoms with Crippen LogP contribution < -0.4 is 10.1 Å². The zero-order chi connectivity index (χ0) is 15.8. The van der Waals surface area contributed by atoms with Gasteiger partial charge in [-0.2, -0.15) is 0 Å². The van der Waals surface area contributed by atoms with Crippen LogP contribution in [0.5, 0.6) is 5.75 Å². The number of carbonyl (C=O) groups excluding carboxylic acids is 1. The lowest BCUT2D eigenvalue weighted by atomic mass is 10.1. The van der Waals surface area contributed by atoms with Gasteiger partial charge in [0.15, 0.2) is 0 Å². The highest BCUT2D eigenvalue weighted by molar-refractivity contribution is 6.31. The van der Waals surface area contributed by atoms with Crippen molar-refractivity contribution in [2.24, 2.45) is 0 Å². The molecule has 0 fully saturated rings. The molecule has 1 aromatic carbocycles. The third-order valence-electron chi connectivity index (χ3n) is 3.11. The summed E-state index contributed by atoms with van der Waals surface area (Å²) in [6, 6.07) is 4.23. The molecular weight excluding hydrogens is 294 g/mol. The topological polar surface area (TPSA) is 75.6 Å². The maximum absolute atomic E-state index is 12.0. The van der Waals surface area contributed by atoms with Gasteiger partial charge < -0.3 is 15.2 Å². The molecule has 116 valence electrons. The van der Waals surface area contributed by atoms with E-state index in [4.69, 9.17) is 21.4 Å². The van der Waals surface area contributed by atoms with Crippen LogP contribution in [-0.4, -0.2) is 30.1 Å². The quantitative estimate of drug-likeness (QED) is 0.773. The second-order valence-electron chi connectivity index (χ2n) is 4.70. The number of carbonyl (C=O) groups is 2. The molecule has 0 aromatic heterocycles. The highest BCUT2D eigenvalue weighted by Crippen LogP contribution is 2.26. The molecule has 0 bridgehead atoms. The molecule has 1 amide bonds. The zero-order valence-corrected chi connectivity index (χ0v) is 12.9. The third-order valence-corrected chi connectivity index (χ3v) is 3.47. The van der Waals surface area contributed by atoms with Crippen LogP contribution in [0.1, 0.15) is 31.7 Å². The molecule has 1 unspecified atom stereocenters. The van der Waals surface area contributed by atoms with Crippen molar-refractivity contribution >= 4 is 23.5 Å². The Bertz CT molecular complexity index is 504. The molecule has 2 N–H and O–H groups in total. The number of halogens is 1. The number of methoxy groups -OCH3 is 1. The van der Waals surface area contributed by atoms with Crippen LogP contribution in [0.25, 0.3) is 0 Å². The summed E-state index contributed by atoms with van der Waals surface area (Å²) in [7, 11) is 1.49. The lowest BCUT2D eigenvalue weighted by molar-refractivity contribution is -0.142. The summed E-state index contributed by atoms with van der Waals surface area (Å²) in [6.07, 6.45) is 2.01. The van der Waals surface area contributed by atoms with E-state index in [9.17, 15) is 9.59 Å². The van der Waals surface area contributed by atoms with Gasteiger partial charge >= 0.3 is 5.97 Å². The molecule has 0 heterocycles. The molecular formula is C15H20ClNO4. The SMILES string of the molecule is CCCCC(NC(=O)Cc1c(Cl)cccc1OC)C(=O)O. The first-order valence-corrected chi connectivity index (χ1v) is 7.21. The first kappa shape index (κ1) is 17.3. The molecule has 0 aliphatic rings. The Morgan fingerprint density at radius 3 is 2.71 bits per heavy atom. The first-order chi connectivity index (χ1) is 9.99. The highest BCUT2D eigenvalue weighted by Gasteiger charge is 2.20. The van der Waals surface area contributed by atoms with E-state index in [1.54, 1.807) is 18.2 Å². The summed E-state index contributed by atoms with van der Waals surface area (Å²) < 4.78 is 5.16. The van der Waals surface area contributed by atoms with Gasteiger partial charge in [-0.15, -0.1) is 0 Å². The minimum atomic E-state index is -1.03. The minimum Gasteiger partial charge on any atom is -0.496 e. The average molecular weight is 314 g/mol. The monoisotopic (exact) mass is 313 g/mol. The maximum atomic E-state index is 12.0. The predicted octanol–water partition coefficient (Wildman–Crippen LogP) is 2.65. The number of hydrogen-bond donors (Lipinski definition) is 2. The standard InChI is InChI=1S/C15H20ClNO4/c1-3-4-7-12(15(19)20)17-14(18)9-10-11(16)6-5-8-13(10)21-2/h5-6,8,12H,3-4,7,9H2,1-2H3,(H,17,18)(H,19,20). The Hall–Kier alpha value is -1.75. The molecule has 0 spiro atoms. The van der Waals surface area contributed by atoms with Gasteiger partial charge in [0, 0.05) is 10.6 Å². The molecule has 0 radical (unpaired) electrons. The smallest absolute Gasteiger partial charge is 0.326 e. The first-order valence-electron chi connectivity index (χ1n) is 6.83. The van der Waals surface area contributed by atoms with Crippen molar-refractivity contribution in [3.8, 4) is 5.75 Å². The van der Waals surface area contributed by atoms with Gasteiger partial charge in [0.2, 0.25) is 5.91 Å². The van der Waals surface area contributed by atoms with Gasteiger partial charge in [-0.3, -0.25) is 4.79 Å². The van der Waals surface area contributed by atoms with E-state index in [1.807, 2.05) is 6.92 Å². The fourth-order valence-electron chi connectivity index (χ4n) is 1.97. The van der Waals surface area contributed by atoms with Crippen molar-refractivity contribution < 1.29 is 19.4 Å². The van der Waals surface area contributed by atoms with Crippen molar-refractivity contribution in [2.45, 2.75) is 38.6 Å². The van der Waals surface area contributed by atoms with Crippen molar-refractivity contribution in [3.63, 3.8) is 0 Å². The molecule has 0 saturated heterocycles. The Labute approximate surface area is 129 Å². The molecule has 6 heteroatoms. The fraction of sp³-hybridized carbons (Fsp3) is 0.467. The summed E-state index contributed by atoms with van der Waals surface area (Å²) in [5.41, 5.74) is 0.554. The van der Waals surface area contributed by atoms with E-state index in [1.165, 1.54) is 7.11 Å². The van der Waals surface area contributed by atoms with E-state index in [2.05, 4.69) is 5.32 Å². The van der Waals surface area contributed by atoms with Gasteiger partial charge in [0.25, 0.3) is 0 Å². The van der Waals surface area contributed by atoms with Crippen LogP contribution in [0, 0.1) is 0 Å². The lowest BCUT2D eigenvalue weighted by Crippen LogP contribution is -2.41. The number of carboxylic acids is 1. The van der Waals surface area contributed by atoms with Crippen molar-refractivity contribution in [1.82, 2.24) is 5.32 Å². The van der Waals surface area contributed by atoms with E-state index < -0.39 is 12.0 Å². The number of ether oxygens (including phenoxy) is 1. The number of carboxylic acid groups (broad SMARTS) is 1. The van der Waals surface area contributed by atoms with Crippen LogP contribution >= 0.6 is 11.6 Å². The number of benzene rings is 1. The van der Waals surface area contributed by atoms with Gasteiger partial charge in [0.1, 0.15) is 11.8 Å². The Balaban J connectivity index is 2.74.